The quantitative estimate of drug-likeness (QED) is 0.0658. The van der Waals surface area contributed by atoms with Gasteiger partial charge in [-0.05, 0) is 44.1 Å². The fourth-order valence-electron chi connectivity index (χ4n) is 3.88. The minimum Gasteiger partial charge on any atom is -0.468 e. The van der Waals surface area contributed by atoms with Crippen molar-refractivity contribution in [3.63, 3.8) is 0 Å². The molecule has 0 bridgehead atoms. The van der Waals surface area contributed by atoms with Crippen LogP contribution in [0.25, 0.3) is 0 Å². The number of carbonyl (C=O) groups excluding carboxylic acids is 3. The first kappa shape index (κ1) is 30.6. The molecule has 0 spiro atoms. The maximum Gasteiger partial charge on any atom is 0.375 e. The van der Waals surface area contributed by atoms with Gasteiger partial charge in [0.15, 0.2) is 0 Å². The Balaban J connectivity index is 1.91. The molecule has 1 atom stereocenters. The number of esters is 2. The Kier molecular flexibility index (Phi) is 18.2. The van der Waals surface area contributed by atoms with Crippen molar-refractivity contribution < 1.29 is 28.6 Å². The van der Waals surface area contributed by atoms with E-state index < -0.39 is 23.6 Å². The van der Waals surface area contributed by atoms with E-state index in [1.54, 1.807) is 0 Å². The number of rotatable bonds is 21. The molecule has 0 heterocycles. The maximum absolute atomic E-state index is 11.9. The van der Waals surface area contributed by atoms with E-state index in [-0.39, 0.29) is 6.42 Å². The smallest absolute Gasteiger partial charge is 0.375 e. The van der Waals surface area contributed by atoms with Gasteiger partial charge in [-0.25, -0.2) is 4.79 Å². The van der Waals surface area contributed by atoms with Crippen molar-refractivity contribution in [3.8, 4) is 0 Å². The number of hydrogen-bond donors (Lipinski definition) is 0. The number of ether oxygens (including phenoxy) is 3. The number of hydrogen-bond acceptors (Lipinski definition) is 6. The van der Waals surface area contributed by atoms with Crippen LogP contribution < -0.4 is 0 Å². The molecule has 1 unspecified atom stereocenters. The summed E-state index contributed by atoms with van der Waals surface area (Å²) in [6.45, 7) is 1.56. The van der Waals surface area contributed by atoms with E-state index in [0.29, 0.717) is 13.0 Å². The maximum atomic E-state index is 11.9. The van der Waals surface area contributed by atoms with Gasteiger partial charge < -0.3 is 14.2 Å². The van der Waals surface area contributed by atoms with Gasteiger partial charge in [-0.3, -0.25) is 9.59 Å². The van der Waals surface area contributed by atoms with Crippen molar-refractivity contribution in [2.75, 3.05) is 20.8 Å². The van der Waals surface area contributed by atoms with E-state index in [4.69, 9.17) is 4.74 Å². The largest absolute Gasteiger partial charge is 0.468 e. The molecule has 0 radical (unpaired) electrons. The average Bonchev–Trinajstić information content (AvgIpc) is 2.89. The molecule has 0 saturated heterocycles. The van der Waals surface area contributed by atoms with Crippen LogP contribution in [-0.2, 0) is 35.2 Å². The lowest BCUT2D eigenvalue weighted by Gasteiger charge is -2.11. The average molecular weight is 489 g/mol. The Bertz CT molecular complexity index is 728. The molecule has 0 aliphatic heterocycles. The van der Waals surface area contributed by atoms with Crippen molar-refractivity contribution in [2.45, 2.75) is 90.1 Å². The summed E-state index contributed by atoms with van der Waals surface area (Å²) < 4.78 is 14.8. The predicted octanol–water partition coefficient (Wildman–Crippen LogP) is 6.36. The Morgan fingerprint density at radius 3 is 1.91 bits per heavy atom. The fourth-order valence-corrected chi connectivity index (χ4v) is 3.88. The highest BCUT2D eigenvalue weighted by atomic mass is 16.5. The normalized spacial score (nSPS) is 11.9. The molecule has 6 nitrogen and oxygen atoms in total. The van der Waals surface area contributed by atoms with E-state index >= 15 is 0 Å². The molecular weight excluding hydrogens is 444 g/mol. The highest BCUT2D eigenvalue weighted by Gasteiger charge is 2.32. The van der Waals surface area contributed by atoms with Crippen molar-refractivity contribution in [2.24, 2.45) is 5.92 Å². The van der Waals surface area contributed by atoms with Crippen LogP contribution in [0.4, 0.5) is 0 Å². The minimum absolute atomic E-state index is 0.283. The van der Waals surface area contributed by atoms with Crippen molar-refractivity contribution in [3.05, 3.63) is 48.0 Å². The molecule has 1 aromatic rings. The Hall–Kier alpha value is -2.47. The van der Waals surface area contributed by atoms with Crippen molar-refractivity contribution in [1.82, 2.24) is 0 Å². The summed E-state index contributed by atoms with van der Waals surface area (Å²) in [4.78, 5) is 35.1. The number of ketones is 1. The summed E-state index contributed by atoms with van der Waals surface area (Å²) in [7, 11) is 2.34. The first-order valence-corrected chi connectivity index (χ1v) is 13.1. The molecule has 35 heavy (non-hydrogen) atoms. The molecule has 6 heteroatoms. The molecule has 0 fully saturated rings. The SMILES string of the molecule is COC(=O)C(=O)C(CCCC=CCCCCCCCCCCCOCc1ccccc1)C(=O)OC. The van der Waals surface area contributed by atoms with E-state index in [1.165, 1.54) is 64.0 Å². The van der Waals surface area contributed by atoms with Crippen LogP contribution in [0.2, 0.25) is 0 Å². The lowest BCUT2D eigenvalue weighted by Crippen LogP contribution is -2.31. The monoisotopic (exact) mass is 488 g/mol. The van der Waals surface area contributed by atoms with Crippen LogP contribution in [0.15, 0.2) is 42.5 Å². The minimum atomic E-state index is -1.08. The zero-order chi connectivity index (χ0) is 25.6. The van der Waals surface area contributed by atoms with Gasteiger partial charge in [0.1, 0.15) is 5.92 Å². The van der Waals surface area contributed by atoms with Gasteiger partial charge in [0.05, 0.1) is 20.8 Å². The molecule has 0 N–H and O–H groups in total. The number of allylic oxidation sites excluding steroid dienone is 2. The molecule has 1 aromatic carbocycles. The molecule has 0 aliphatic rings. The van der Waals surface area contributed by atoms with Crippen LogP contribution in [0.3, 0.4) is 0 Å². The molecule has 196 valence electrons. The van der Waals surface area contributed by atoms with Gasteiger partial charge in [-0.15, -0.1) is 0 Å². The summed E-state index contributed by atoms with van der Waals surface area (Å²) in [6.07, 6.45) is 18.3. The van der Waals surface area contributed by atoms with E-state index in [1.807, 2.05) is 18.2 Å². The van der Waals surface area contributed by atoms with Crippen LogP contribution in [-0.4, -0.2) is 38.5 Å². The summed E-state index contributed by atoms with van der Waals surface area (Å²) in [5.41, 5.74) is 1.24. The summed E-state index contributed by atoms with van der Waals surface area (Å²) in [6, 6.07) is 10.3. The van der Waals surface area contributed by atoms with Gasteiger partial charge in [0, 0.05) is 6.61 Å². The highest BCUT2D eigenvalue weighted by Crippen LogP contribution is 2.14. The van der Waals surface area contributed by atoms with Gasteiger partial charge in [-0.1, -0.05) is 87.4 Å². The number of carbonyl (C=O) groups is 3. The summed E-state index contributed by atoms with van der Waals surface area (Å²) in [5.74, 6) is -3.60. The fraction of sp³-hybridized carbons (Fsp3) is 0.621. The van der Waals surface area contributed by atoms with Crippen LogP contribution in [0.5, 0.6) is 0 Å². The van der Waals surface area contributed by atoms with E-state index in [2.05, 4.69) is 33.8 Å². The molecule has 0 saturated carbocycles. The van der Waals surface area contributed by atoms with Crippen molar-refractivity contribution >= 4 is 17.7 Å². The van der Waals surface area contributed by atoms with Crippen LogP contribution >= 0.6 is 0 Å². The van der Waals surface area contributed by atoms with Gasteiger partial charge >= 0.3 is 11.9 Å². The zero-order valence-electron chi connectivity index (χ0n) is 21.7. The number of methoxy groups -OCH3 is 2. The topological polar surface area (TPSA) is 78.9 Å². The highest BCUT2D eigenvalue weighted by molar-refractivity contribution is 6.37. The second-order valence-corrected chi connectivity index (χ2v) is 8.84. The molecule has 1 rings (SSSR count). The summed E-state index contributed by atoms with van der Waals surface area (Å²) >= 11 is 0. The number of Topliss-reactive ketones (excluding diaryl/α,β-unsaturated/α-hetero) is 1. The first-order valence-electron chi connectivity index (χ1n) is 13.1. The predicted molar refractivity (Wildman–Crippen MR) is 138 cm³/mol. The Labute approximate surface area is 211 Å². The van der Waals surface area contributed by atoms with E-state index in [9.17, 15) is 14.4 Å². The van der Waals surface area contributed by atoms with E-state index in [0.717, 1.165) is 33.0 Å². The van der Waals surface area contributed by atoms with Crippen LogP contribution in [0, 0.1) is 5.92 Å². The molecule has 0 amide bonds. The Morgan fingerprint density at radius 2 is 1.31 bits per heavy atom. The number of unbranched alkanes of at least 4 members (excludes halogenated alkanes) is 10. The third-order valence-electron chi connectivity index (χ3n) is 5.99. The lowest BCUT2D eigenvalue weighted by molar-refractivity contribution is -0.160. The Morgan fingerprint density at radius 1 is 0.743 bits per heavy atom. The third kappa shape index (κ3) is 15.2. The second-order valence-electron chi connectivity index (χ2n) is 8.84. The third-order valence-corrected chi connectivity index (χ3v) is 5.99. The first-order chi connectivity index (χ1) is 17.1. The number of benzene rings is 1. The van der Waals surface area contributed by atoms with Gasteiger partial charge in [-0.2, -0.15) is 0 Å². The summed E-state index contributed by atoms with van der Waals surface area (Å²) in [5, 5.41) is 0. The second kappa shape index (κ2) is 20.9. The molecule has 0 aromatic heterocycles. The van der Waals surface area contributed by atoms with Crippen molar-refractivity contribution in [1.29, 1.82) is 0 Å². The molecular formula is C29H44O6. The van der Waals surface area contributed by atoms with Crippen LogP contribution in [0.1, 0.15) is 89.0 Å². The van der Waals surface area contributed by atoms with Gasteiger partial charge in [0.2, 0.25) is 0 Å². The molecule has 0 aliphatic carbocycles. The lowest BCUT2D eigenvalue weighted by atomic mass is 9.97. The standard InChI is InChI=1S/C29H44O6/c1-33-28(31)26(27(30)29(32)34-2)22-18-13-11-9-7-5-3-4-6-8-10-12-14-19-23-35-24-25-20-16-15-17-21-25/h9,11,15-17,20-21,26H,3-8,10,12-14,18-19,22-24H2,1-2H3. The van der Waals surface area contributed by atoms with Gasteiger partial charge in [0.25, 0.3) is 5.78 Å². The zero-order valence-corrected chi connectivity index (χ0v) is 21.7.